The van der Waals surface area contributed by atoms with E-state index in [2.05, 4.69) is 32.9 Å². The van der Waals surface area contributed by atoms with Crippen LogP contribution in [0, 0.1) is 9.39 Å². The number of aromatic nitrogens is 2. The van der Waals surface area contributed by atoms with E-state index in [9.17, 15) is 14.3 Å². The van der Waals surface area contributed by atoms with Crippen LogP contribution in [0.5, 0.6) is 0 Å². The monoisotopic (exact) mass is 445 g/mol. The van der Waals surface area contributed by atoms with Gasteiger partial charge in [0, 0.05) is 10.6 Å². The molecule has 0 saturated heterocycles. The predicted octanol–water partition coefficient (Wildman–Crippen LogP) is 4.41. The molecular formula is C15H10ClFIN3O2. The fraction of sp³-hybridized carbons (Fsp3) is 0.0667. The number of carboxylic acid groups (broad SMARTS) is 1. The van der Waals surface area contributed by atoms with Gasteiger partial charge in [0.2, 0.25) is 0 Å². The van der Waals surface area contributed by atoms with Gasteiger partial charge >= 0.3 is 5.97 Å². The Kier molecular flexibility index (Phi) is 4.15. The number of halogens is 3. The van der Waals surface area contributed by atoms with Gasteiger partial charge in [-0.15, -0.1) is 0 Å². The molecule has 23 heavy (non-hydrogen) atoms. The lowest BCUT2D eigenvalue weighted by Gasteiger charge is -2.13. The smallest absolute Gasteiger partial charge is 0.338 e. The molecule has 0 aliphatic heterocycles. The van der Waals surface area contributed by atoms with Gasteiger partial charge < -0.3 is 15.0 Å². The van der Waals surface area contributed by atoms with Gasteiger partial charge in [-0.25, -0.2) is 14.2 Å². The summed E-state index contributed by atoms with van der Waals surface area (Å²) >= 11 is 8.23. The van der Waals surface area contributed by atoms with Crippen LogP contribution in [0.25, 0.3) is 11.0 Å². The lowest BCUT2D eigenvalue weighted by atomic mass is 10.1. The van der Waals surface area contributed by atoms with E-state index in [-0.39, 0.29) is 16.8 Å². The largest absolute Gasteiger partial charge is 0.478 e. The zero-order chi connectivity index (χ0) is 16.7. The van der Waals surface area contributed by atoms with Gasteiger partial charge in [-0.05, 0) is 46.9 Å². The van der Waals surface area contributed by atoms with Gasteiger partial charge in [-0.3, -0.25) is 0 Å². The third kappa shape index (κ3) is 2.86. The van der Waals surface area contributed by atoms with Crippen molar-refractivity contribution in [2.24, 2.45) is 7.05 Å². The summed E-state index contributed by atoms with van der Waals surface area (Å²) in [6, 6.07) is 6.53. The highest BCUT2D eigenvalue weighted by molar-refractivity contribution is 14.1. The number of aryl methyl sites for hydroxylation is 1. The Labute approximate surface area is 149 Å². The fourth-order valence-corrected chi connectivity index (χ4v) is 3.14. The Hall–Kier alpha value is -1.87. The maximum Gasteiger partial charge on any atom is 0.338 e. The summed E-state index contributed by atoms with van der Waals surface area (Å²) in [5, 5.41) is 12.5. The summed E-state index contributed by atoms with van der Waals surface area (Å²) < 4.78 is 17.2. The Morgan fingerprint density at radius 1 is 1.43 bits per heavy atom. The second-order valence-corrected chi connectivity index (χ2v) is 6.54. The van der Waals surface area contributed by atoms with Crippen LogP contribution in [0.15, 0.2) is 30.6 Å². The van der Waals surface area contributed by atoms with Gasteiger partial charge in [-0.2, -0.15) is 0 Å². The van der Waals surface area contributed by atoms with Crippen LogP contribution in [0.2, 0.25) is 5.02 Å². The quantitative estimate of drug-likeness (QED) is 0.586. The summed E-state index contributed by atoms with van der Waals surface area (Å²) in [7, 11) is 1.67. The number of fused-ring (bicyclic) bond motifs is 1. The number of carboxylic acids is 1. The number of nitrogens with one attached hydrogen (secondary N) is 1. The van der Waals surface area contributed by atoms with Crippen molar-refractivity contribution in [3.05, 3.63) is 50.6 Å². The predicted molar refractivity (Wildman–Crippen MR) is 95.1 cm³/mol. The zero-order valence-electron chi connectivity index (χ0n) is 11.8. The first-order valence-electron chi connectivity index (χ1n) is 6.47. The van der Waals surface area contributed by atoms with E-state index in [1.165, 1.54) is 12.4 Å². The average Bonchev–Trinajstić information content (AvgIpc) is 2.85. The first-order valence-corrected chi connectivity index (χ1v) is 7.93. The Morgan fingerprint density at radius 3 is 2.83 bits per heavy atom. The molecule has 0 amide bonds. The normalized spacial score (nSPS) is 11.0. The van der Waals surface area contributed by atoms with Crippen molar-refractivity contribution >= 4 is 62.6 Å². The number of carbonyl (C=O) groups is 1. The molecular weight excluding hydrogens is 436 g/mol. The Balaban J connectivity index is 2.21. The molecule has 3 rings (SSSR count). The molecule has 0 bridgehead atoms. The van der Waals surface area contributed by atoms with Crippen molar-refractivity contribution in [3.63, 3.8) is 0 Å². The van der Waals surface area contributed by atoms with Gasteiger partial charge in [0.15, 0.2) is 5.82 Å². The number of benzene rings is 2. The Morgan fingerprint density at radius 2 is 2.17 bits per heavy atom. The van der Waals surface area contributed by atoms with E-state index in [1.54, 1.807) is 29.8 Å². The summed E-state index contributed by atoms with van der Waals surface area (Å²) in [6.45, 7) is 0. The molecule has 0 aliphatic carbocycles. The van der Waals surface area contributed by atoms with Crippen molar-refractivity contribution in [2.45, 2.75) is 0 Å². The van der Waals surface area contributed by atoms with Crippen molar-refractivity contribution in [1.82, 2.24) is 9.55 Å². The van der Waals surface area contributed by atoms with Crippen molar-refractivity contribution in [1.29, 1.82) is 0 Å². The molecule has 3 aromatic rings. The van der Waals surface area contributed by atoms with Crippen LogP contribution in [0.3, 0.4) is 0 Å². The highest BCUT2D eigenvalue weighted by Gasteiger charge is 2.21. The molecule has 5 nitrogen and oxygen atoms in total. The molecule has 1 aromatic heterocycles. The topological polar surface area (TPSA) is 67.2 Å². The lowest BCUT2D eigenvalue weighted by molar-refractivity contribution is 0.0697. The van der Waals surface area contributed by atoms with Crippen molar-refractivity contribution in [2.75, 3.05) is 5.32 Å². The summed E-state index contributed by atoms with van der Waals surface area (Å²) in [6.07, 6.45) is 1.43. The average molecular weight is 446 g/mol. The van der Waals surface area contributed by atoms with E-state index in [1.807, 2.05) is 0 Å². The molecule has 1 heterocycles. The molecule has 0 unspecified atom stereocenters. The van der Waals surface area contributed by atoms with E-state index >= 15 is 0 Å². The van der Waals surface area contributed by atoms with Crippen LogP contribution in [0.4, 0.5) is 15.8 Å². The minimum Gasteiger partial charge on any atom is -0.478 e. The van der Waals surface area contributed by atoms with E-state index in [0.717, 1.165) is 3.57 Å². The second kappa shape index (κ2) is 5.97. The molecule has 118 valence electrons. The number of hydrogen-bond acceptors (Lipinski definition) is 3. The van der Waals surface area contributed by atoms with Crippen molar-refractivity contribution in [3.8, 4) is 0 Å². The molecule has 0 fully saturated rings. The SMILES string of the molecule is Cn1cnc2c(F)c(Nc3ccc(I)cc3Cl)c(C(=O)O)cc21. The van der Waals surface area contributed by atoms with Gasteiger partial charge in [0.25, 0.3) is 0 Å². The first kappa shape index (κ1) is 16.0. The molecule has 0 saturated carbocycles. The molecule has 2 N–H and O–H groups in total. The van der Waals surface area contributed by atoms with Gasteiger partial charge in [-0.1, -0.05) is 11.6 Å². The number of nitrogens with zero attached hydrogens (tertiary/aromatic N) is 2. The molecule has 0 radical (unpaired) electrons. The summed E-state index contributed by atoms with van der Waals surface area (Å²) in [5.74, 6) is -1.97. The lowest BCUT2D eigenvalue weighted by Crippen LogP contribution is -2.06. The maximum atomic E-state index is 14.8. The maximum absolute atomic E-state index is 14.8. The molecule has 0 aliphatic rings. The Bertz CT molecular complexity index is 942. The van der Waals surface area contributed by atoms with Crippen LogP contribution >= 0.6 is 34.2 Å². The van der Waals surface area contributed by atoms with Gasteiger partial charge in [0.1, 0.15) is 5.52 Å². The van der Waals surface area contributed by atoms with Crippen molar-refractivity contribution < 1.29 is 14.3 Å². The van der Waals surface area contributed by atoms with Gasteiger partial charge in [0.05, 0.1) is 33.8 Å². The third-order valence-corrected chi connectivity index (χ3v) is 4.37. The molecule has 8 heteroatoms. The standard InChI is InChI=1S/C15H10ClFIN3O2/c1-21-6-19-14-11(21)5-8(15(22)23)13(12(14)17)20-10-3-2-7(18)4-9(10)16/h2-6,20H,1H3,(H,22,23). The summed E-state index contributed by atoms with van der Waals surface area (Å²) in [4.78, 5) is 15.5. The highest BCUT2D eigenvalue weighted by atomic mass is 127. The fourth-order valence-electron chi connectivity index (χ4n) is 2.24. The van der Waals surface area contributed by atoms with Crippen LogP contribution in [0.1, 0.15) is 10.4 Å². The number of hydrogen-bond donors (Lipinski definition) is 2. The van der Waals surface area contributed by atoms with E-state index in [0.29, 0.717) is 16.2 Å². The third-order valence-electron chi connectivity index (χ3n) is 3.38. The zero-order valence-corrected chi connectivity index (χ0v) is 14.7. The van der Waals surface area contributed by atoms with Crippen LogP contribution in [-0.2, 0) is 7.05 Å². The number of anilines is 2. The summed E-state index contributed by atoms with van der Waals surface area (Å²) in [5.41, 5.74) is 0.574. The molecule has 0 atom stereocenters. The van der Waals surface area contributed by atoms with E-state index in [4.69, 9.17) is 11.6 Å². The highest BCUT2D eigenvalue weighted by Crippen LogP contribution is 2.33. The number of imidazole rings is 1. The first-order chi connectivity index (χ1) is 10.9. The minimum absolute atomic E-state index is 0.0987. The van der Waals surface area contributed by atoms with Crippen LogP contribution in [-0.4, -0.2) is 20.6 Å². The number of rotatable bonds is 3. The van der Waals surface area contributed by atoms with E-state index < -0.39 is 11.8 Å². The molecule has 0 spiro atoms. The number of aromatic carboxylic acids is 1. The minimum atomic E-state index is -1.24. The van der Waals surface area contributed by atoms with Crippen LogP contribution < -0.4 is 5.32 Å². The molecule has 2 aromatic carbocycles. The second-order valence-electron chi connectivity index (χ2n) is 4.89.